The molecule has 1 N–H and O–H groups in total. The minimum atomic E-state index is -1.35. The summed E-state index contributed by atoms with van der Waals surface area (Å²) in [5.41, 5.74) is -0.216. The summed E-state index contributed by atoms with van der Waals surface area (Å²) in [5.74, 6) is -3.13. The average Bonchev–Trinajstić information content (AvgIpc) is 3.14. The molecule has 0 spiro atoms. The molecule has 2 fully saturated rings. The molecule has 3 heterocycles. The van der Waals surface area contributed by atoms with Gasteiger partial charge in [-0.1, -0.05) is 22.8 Å². The second-order valence-corrected chi connectivity index (χ2v) is 9.77. The number of hydrogen-bond donors (Lipinski definition) is 1. The van der Waals surface area contributed by atoms with Gasteiger partial charge in [0.2, 0.25) is 5.91 Å². The van der Waals surface area contributed by atoms with E-state index in [1.165, 1.54) is 41.8 Å². The molecule has 2 saturated heterocycles. The summed E-state index contributed by atoms with van der Waals surface area (Å²) in [6.45, 7) is 4.88. The van der Waals surface area contributed by atoms with Crippen molar-refractivity contribution in [1.29, 1.82) is 0 Å². The van der Waals surface area contributed by atoms with Crippen LogP contribution < -0.4 is 40.0 Å². The Kier molecular flexibility index (Phi) is 6.52. The summed E-state index contributed by atoms with van der Waals surface area (Å²) in [6.07, 6.45) is 0. The summed E-state index contributed by atoms with van der Waals surface area (Å²) >= 11 is 7.35. The molecule has 31 heavy (non-hydrogen) atoms. The molecule has 0 unspecified atom stereocenters. The third kappa shape index (κ3) is 3.78. The number of β-lactam (4-membered cyclic amide) rings is 1. The fourth-order valence-electron chi connectivity index (χ4n) is 3.87. The molecule has 2 amide bonds. The molecular weight excluding hydrogens is 460 g/mol. The number of fused-ring (bicyclic) bond motifs is 1. The Morgan fingerprint density at radius 2 is 2.06 bits per heavy atom. The molecule has 158 valence electrons. The van der Waals surface area contributed by atoms with E-state index in [0.717, 1.165) is 0 Å². The summed E-state index contributed by atoms with van der Waals surface area (Å²) in [5, 5.41) is 17.4. The normalized spacial score (nSPS) is 23.6. The average molecular weight is 476 g/mol. The number of aryl methyl sites for hydroxylation is 1. The first kappa shape index (κ1) is 24.1. The van der Waals surface area contributed by atoms with Crippen LogP contribution in [-0.4, -0.2) is 50.0 Å². The van der Waals surface area contributed by atoms with Gasteiger partial charge in [0.05, 0.1) is 22.6 Å². The van der Waals surface area contributed by atoms with Gasteiger partial charge in [-0.25, -0.2) is 4.39 Å². The topological polar surface area (TPSA) is 116 Å². The maximum atomic E-state index is 14.3. The van der Waals surface area contributed by atoms with Crippen molar-refractivity contribution in [3.05, 3.63) is 40.4 Å². The van der Waals surface area contributed by atoms with Crippen molar-refractivity contribution in [2.45, 2.75) is 43.0 Å². The van der Waals surface area contributed by atoms with Crippen LogP contribution in [0.3, 0.4) is 0 Å². The van der Waals surface area contributed by atoms with Gasteiger partial charge in [-0.3, -0.25) is 9.59 Å². The largest absolute Gasteiger partial charge is 1.00 e. The molecule has 8 nitrogen and oxygen atoms in total. The van der Waals surface area contributed by atoms with Crippen molar-refractivity contribution in [3.63, 3.8) is 0 Å². The Balaban J connectivity index is 0.00000272. The van der Waals surface area contributed by atoms with Crippen molar-refractivity contribution in [3.8, 4) is 11.3 Å². The van der Waals surface area contributed by atoms with Gasteiger partial charge in [0.15, 0.2) is 0 Å². The van der Waals surface area contributed by atoms with E-state index < -0.39 is 45.8 Å². The number of benzene rings is 1. The zero-order chi connectivity index (χ0) is 22.0. The number of aliphatic carboxylic acids is 1. The summed E-state index contributed by atoms with van der Waals surface area (Å²) in [7, 11) is 0. The second kappa shape index (κ2) is 8.40. The van der Waals surface area contributed by atoms with Gasteiger partial charge in [0.25, 0.3) is 5.91 Å². The first-order chi connectivity index (χ1) is 14.0. The predicted molar refractivity (Wildman–Crippen MR) is 104 cm³/mol. The van der Waals surface area contributed by atoms with Crippen LogP contribution in [0.2, 0.25) is 5.02 Å². The van der Waals surface area contributed by atoms with Gasteiger partial charge in [0, 0.05) is 4.75 Å². The summed E-state index contributed by atoms with van der Waals surface area (Å²) in [6, 6.07) is 2.01. The summed E-state index contributed by atoms with van der Waals surface area (Å²) in [4.78, 5) is 38.3. The number of carboxylic acids is 1. The van der Waals surface area contributed by atoms with E-state index in [4.69, 9.17) is 16.1 Å². The number of hydrogen-bond acceptors (Lipinski definition) is 7. The van der Waals surface area contributed by atoms with Gasteiger partial charge in [-0.2, -0.15) is 0 Å². The van der Waals surface area contributed by atoms with Crippen LogP contribution in [0, 0.1) is 12.7 Å². The monoisotopic (exact) mass is 475 g/mol. The fraction of sp³-hybridized carbons (Fsp3) is 0.368. The Labute approximate surface area is 208 Å². The third-order valence-electron chi connectivity index (χ3n) is 5.24. The van der Waals surface area contributed by atoms with Gasteiger partial charge in [-0.05, 0) is 32.9 Å². The number of carboxylic acid groups (broad SMARTS) is 1. The van der Waals surface area contributed by atoms with Crippen LogP contribution in [0.1, 0.15) is 30.0 Å². The van der Waals surface area contributed by atoms with E-state index in [1.54, 1.807) is 13.8 Å². The molecular formula is C19H16ClFN3NaO5S. The Bertz CT molecular complexity index is 1070. The van der Waals surface area contributed by atoms with E-state index in [9.17, 15) is 23.9 Å². The smallest absolute Gasteiger partial charge is 0.548 e. The zero-order valence-corrected chi connectivity index (χ0v) is 20.6. The number of nitrogens with zero attached hydrogens (tertiary/aromatic N) is 2. The quantitative estimate of drug-likeness (QED) is 0.416. The van der Waals surface area contributed by atoms with Gasteiger partial charge >= 0.3 is 29.6 Å². The number of amides is 2. The fourth-order valence-corrected chi connectivity index (χ4v) is 5.75. The van der Waals surface area contributed by atoms with Crippen LogP contribution in [0.5, 0.6) is 0 Å². The molecule has 12 heteroatoms. The number of aromatic nitrogens is 1. The molecule has 0 saturated carbocycles. The van der Waals surface area contributed by atoms with E-state index in [1.807, 2.05) is 0 Å². The van der Waals surface area contributed by atoms with E-state index >= 15 is 0 Å². The maximum Gasteiger partial charge on any atom is 1.00 e. The van der Waals surface area contributed by atoms with Crippen molar-refractivity contribution in [2.24, 2.45) is 0 Å². The van der Waals surface area contributed by atoms with Crippen molar-refractivity contribution >= 4 is 41.1 Å². The van der Waals surface area contributed by atoms with E-state index in [2.05, 4.69) is 10.5 Å². The van der Waals surface area contributed by atoms with Crippen LogP contribution in [-0.2, 0) is 9.59 Å². The first-order valence-corrected chi connectivity index (χ1v) is 10.2. The molecule has 2 aromatic rings. The number of halogens is 2. The second-order valence-electron chi connectivity index (χ2n) is 7.59. The van der Waals surface area contributed by atoms with Crippen LogP contribution in [0.15, 0.2) is 22.7 Å². The van der Waals surface area contributed by atoms with Gasteiger partial charge < -0.3 is 24.6 Å². The molecule has 1 aromatic carbocycles. The van der Waals surface area contributed by atoms with E-state index in [0.29, 0.717) is 0 Å². The van der Waals surface area contributed by atoms with Crippen molar-refractivity contribution in [2.75, 3.05) is 0 Å². The van der Waals surface area contributed by atoms with Crippen LogP contribution in [0.25, 0.3) is 11.3 Å². The first-order valence-electron chi connectivity index (χ1n) is 8.97. The molecule has 2 aliphatic rings. The molecule has 0 radical (unpaired) electrons. The van der Waals surface area contributed by atoms with Crippen LogP contribution in [0.4, 0.5) is 4.39 Å². The predicted octanol–water partition coefficient (Wildman–Crippen LogP) is -1.64. The van der Waals surface area contributed by atoms with Crippen molar-refractivity contribution < 1.29 is 58.0 Å². The van der Waals surface area contributed by atoms with Gasteiger partial charge in [0.1, 0.15) is 34.3 Å². The molecule has 4 rings (SSSR count). The number of nitrogens with one attached hydrogen (secondary N) is 1. The summed E-state index contributed by atoms with van der Waals surface area (Å²) < 4.78 is 18.7. The SMILES string of the molecule is Cc1onc(-c2c(F)cccc2Cl)c1C(=O)N[C@H]1C(=O)N2[C@H]1SC(C)(C)[C@H]2C(=O)[O-].[Na+]. The Morgan fingerprint density at radius 3 is 2.68 bits per heavy atom. The number of carbonyl (C=O) groups is 3. The maximum absolute atomic E-state index is 14.3. The minimum Gasteiger partial charge on any atom is -0.548 e. The van der Waals surface area contributed by atoms with Gasteiger partial charge in [-0.15, -0.1) is 11.8 Å². The molecule has 0 bridgehead atoms. The van der Waals surface area contributed by atoms with E-state index in [-0.39, 0.29) is 57.2 Å². The Hall–Kier alpha value is -1.59. The van der Waals surface area contributed by atoms with Crippen molar-refractivity contribution in [1.82, 2.24) is 15.4 Å². The third-order valence-corrected chi connectivity index (χ3v) is 7.13. The molecule has 3 atom stereocenters. The molecule has 0 aliphatic carbocycles. The Morgan fingerprint density at radius 1 is 1.39 bits per heavy atom. The number of thioether (sulfide) groups is 1. The minimum absolute atomic E-state index is 0. The molecule has 1 aromatic heterocycles. The zero-order valence-electron chi connectivity index (χ0n) is 17.1. The number of rotatable bonds is 4. The molecule has 2 aliphatic heterocycles. The van der Waals surface area contributed by atoms with Crippen LogP contribution >= 0.6 is 23.4 Å². The standard InChI is InChI=1S/C19H17ClFN3O5S.Na/c1-7-10(12(23-29-7)11-8(20)5-4-6-9(11)21)15(25)22-13-16(26)24-14(18(27)28)19(2,3)30-17(13)24;/h4-6,13-14,17H,1-3H3,(H,22,25)(H,27,28);/q;+1/p-1/t13-,14+,17-;/m0./s1. The number of carbonyl (C=O) groups excluding carboxylic acids is 3.